The van der Waals surface area contributed by atoms with Crippen LogP contribution in [0.4, 0.5) is 11.4 Å². The van der Waals surface area contributed by atoms with Crippen molar-refractivity contribution in [1.29, 1.82) is 0 Å². The zero-order valence-corrected chi connectivity index (χ0v) is 21.1. The summed E-state index contributed by atoms with van der Waals surface area (Å²) >= 11 is 6.16. The maximum Gasteiger partial charge on any atom is 0.264 e. The van der Waals surface area contributed by atoms with Crippen LogP contribution >= 0.6 is 11.6 Å². The quantitative estimate of drug-likeness (QED) is 0.441. The summed E-state index contributed by atoms with van der Waals surface area (Å²) in [5.74, 6) is -0.795. The number of anilines is 2. The highest BCUT2D eigenvalue weighted by atomic mass is 35.5. The molecule has 0 unspecified atom stereocenters. The van der Waals surface area contributed by atoms with Gasteiger partial charge in [-0.2, -0.15) is 0 Å². The molecule has 0 bridgehead atoms. The Balaban J connectivity index is 1.99. The van der Waals surface area contributed by atoms with Crippen molar-refractivity contribution in [3.8, 4) is 5.75 Å². The van der Waals surface area contributed by atoms with Gasteiger partial charge in [-0.15, -0.1) is 0 Å². The molecule has 0 aromatic heterocycles. The molecule has 35 heavy (non-hydrogen) atoms. The second kappa shape index (κ2) is 11.2. The van der Waals surface area contributed by atoms with Gasteiger partial charge in [0.1, 0.15) is 12.3 Å². The number of nitrogens with zero attached hydrogens (tertiary/aromatic N) is 1. The van der Waals surface area contributed by atoms with Crippen LogP contribution in [-0.4, -0.2) is 39.9 Å². The lowest BCUT2D eigenvalue weighted by atomic mass is 10.1. The maximum absolute atomic E-state index is 13.6. The zero-order chi connectivity index (χ0) is 25.6. The third-order valence-corrected chi connectivity index (χ3v) is 6.90. The first kappa shape index (κ1) is 26.1. The van der Waals surface area contributed by atoms with E-state index in [2.05, 4.69) is 10.6 Å². The van der Waals surface area contributed by atoms with E-state index in [1.165, 1.54) is 31.4 Å². The smallest absolute Gasteiger partial charge is 0.264 e. The van der Waals surface area contributed by atoms with E-state index in [9.17, 15) is 18.0 Å². The van der Waals surface area contributed by atoms with E-state index in [-0.39, 0.29) is 44.6 Å². The Labute approximate surface area is 209 Å². The predicted molar refractivity (Wildman–Crippen MR) is 137 cm³/mol. The van der Waals surface area contributed by atoms with Crippen molar-refractivity contribution in [2.75, 3.05) is 23.3 Å². The van der Waals surface area contributed by atoms with E-state index >= 15 is 0 Å². The van der Waals surface area contributed by atoms with E-state index in [0.717, 1.165) is 4.31 Å². The molecular weight excluding hydrogens is 490 g/mol. The van der Waals surface area contributed by atoms with Crippen molar-refractivity contribution in [3.05, 3.63) is 83.4 Å². The molecule has 2 amide bonds. The largest absolute Gasteiger partial charge is 0.495 e. The van der Waals surface area contributed by atoms with Crippen molar-refractivity contribution in [2.24, 2.45) is 0 Å². The van der Waals surface area contributed by atoms with Gasteiger partial charge in [0.2, 0.25) is 5.91 Å². The normalized spacial score (nSPS) is 11.1. The first-order valence-corrected chi connectivity index (χ1v) is 12.6. The summed E-state index contributed by atoms with van der Waals surface area (Å²) in [5, 5.41) is 5.71. The lowest BCUT2D eigenvalue weighted by Crippen LogP contribution is -2.39. The monoisotopic (exact) mass is 515 g/mol. The third-order valence-electron chi connectivity index (χ3n) is 4.89. The topological polar surface area (TPSA) is 105 Å². The van der Waals surface area contributed by atoms with E-state index in [1.54, 1.807) is 48.5 Å². The average molecular weight is 516 g/mol. The highest BCUT2D eigenvalue weighted by molar-refractivity contribution is 7.92. The van der Waals surface area contributed by atoms with Gasteiger partial charge in [0.15, 0.2) is 0 Å². The summed E-state index contributed by atoms with van der Waals surface area (Å²) in [4.78, 5) is 25.7. The Hall–Kier alpha value is -3.56. The van der Waals surface area contributed by atoms with Crippen LogP contribution in [0.25, 0.3) is 0 Å². The lowest BCUT2D eigenvalue weighted by molar-refractivity contribution is -0.114. The summed E-state index contributed by atoms with van der Waals surface area (Å²) < 4.78 is 33.4. The third kappa shape index (κ3) is 6.32. The SMILES string of the molecule is COc1ccc(Cl)cc1N(CC(=O)Nc1ccccc1C(=O)NC(C)C)S(=O)(=O)c1ccccc1. The van der Waals surface area contributed by atoms with Gasteiger partial charge in [0.25, 0.3) is 15.9 Å². The van der Waals surface area contributed by atoms with E-state index in [1.807, 2.05) is 13.8 Å². The van der Waals surface area contributed by atoms with E-state index in [4.69, 9.17) is 16.3 Å². The number of methoxy groups -OCH3 is 1. The number of carbonyl (C=O) groups excluding carboxylic acids is 2. The number of benzene rings is 3. The molecule has 3 aromatic carbocycles. The predicted octanol–water partition coefficient (Wildman–Crippen LogP) is 4.32. The highest BCUT2D eigenvalue weighted by Gasteiger charge is 2.30. The molecular formula is C25H26ClN3O5S. The van der Waals surface area contributed by atoms with Crippen LogP contribution < -0.4 is 19.7 Å². The molecule has 10 heteroatoms. The first-order valence-electron chi connectivity index (χ1n) is 10.7. The molecule has 0 atom stereocenters. The number of sulfonamides is 1. The number of nitrogens with one attached hydrogen (secondary N) is 2. The number of amides is 2. The molecule has 3 rings (SSSR count). The lowest BCUT2D eigenvalue weighted by Gasteiger charge is -2.26. The van der Waals surface area contributed by atoms with Crippen LogP contribution in [0, 0.1) is 0 Å². The summed E-state index contributed by atoms with van der Waals surface area (Å²) in [7, 11) is -2.79. The number of rotatable bonds is 9. The summed E-state index contributed by atoms with van der Waals surface area (Å²) in [5.41, 5.74) is 0.614. The molecule has 184 valence electrons. The van der Waals surface area contributed by atoms with Crippen LogP contribution in [0.3, 0.4) is 0 Å². The molecule has 3 aromatic rings. The molecule has 0 aliphatic heterocycles. The van der Waals surface area contributed by atoms with Crippen molar-refractivity contribution >= 4 is 44.8 Å². The Bertz CT molecular complexity index is 1310. The molecule has 0 spiro atoms. The van der Waals surface area contributed by atoms with Crippen LogP contribution in [-0.2, 0) is 14.8 Å². The Morgan fingerprint density at radius 3 is 2.31 bits per heavy atom. The molecule has 0 heterocycles. The molecule has 0 radical (unpaired) electrons. The molecule has 0 saturated carbocycles. The fourth-order valence-electron chi connectivity index (χ4n) is 3.33. The molecule has 0 saturated heterocycles. The number of hydrogen-bond acceptors (Lipinski definition) is 5. The van der Waals surface area contributed by atoms with Gasteiger partial charge in [-0.25, -0.2) is 8.42 Å². The molecule has 0 aliphatic carbocycles. The van der Waals surface area contributed by atoms with Crippen LogP contribution in [0.2, 0.25) is 5.02 Å². The van der Waals surface area contributed by atoms with Crippen molar-refractivity contribution in [2.45, 2.75) is 24.8 Å². The highest BCUT2D eigenvalue weighted by Crippen LogP contribution is 2.34. The second-order valence-electron chi connectivity index (χ2n) is 7.86. The summed E-state index contributed by atoms with van der Waals surface area (Å²) in [6.45, 7) is 3.06. The van der Waals surface area contributed by atoms with Crippen LogP contribution in [0.15, 0.2) is 77.7 Å². The summed E-state index contributed by atoms with van der Waals surface area (Å²) in [6.07, 6.45) is 0. The van der Waals surface area contributed by atoms with Crippen molar-refractivity contribution < 1.29 is 22.7 Å². The zero-order valence-electron chi connectivity index (χ0n) is 19.5. The fraction of sp³-hybridized carbons (Fsp3) is 0.200. The first-order chi connectivity index (χ1) is 16.6. The van der Waals surface area contributed by atoms with Gasteiger partial charge in [-0.1, -0.05) is 41.9 Å². The van der Waals surface area contributed by atoms with Crippen LogP contribution in [0.5, 0.6) is 5.75 Å². The minimum absolute atomic E-state index is 0.00783. The number of carbonyl (C=O) groups is 2. The van der Waals surface area contributed by atoms with Gasteiger partial charge < -0.3 is 15.4 Å². The van der Waals surface area contributed by atoms with E-state index in [0.29, 0.717) is 0 Å². The molecule has 8 nitrogen and oxygen atoms in total. The Kier molecular flexibility index (Phi) is 8.37. The van der Waals surface area contributed by atoms with Gasteiger partial charge in [-0.3, -0.25) is 13.9 Å². The van der Waals surface area contributed by atoms with Gasteiger partial charge >= 0.3 is 0 Å². The number of halogens is 1. The number of ether oxygens (including phenoxy) is 1. The fourth-order valence-corrected chi connectivity index (χ4v) is 4.94. The molecule has 0 fully saturated rings. The summed E-state index contributed by atoms with van der Waals surface area (Å²) in [6, 6.07) is 18.6. The average Bonchev–Trinajstić information content (AvgIpc) is 2.83. The van der Waals surface area contributed by atoms with Gasteiger partial charge in [0, 0.05) is 11.1 Å². The standard InChI is InChI=1S/C25H26ClN3O5S/c1-17(2)27-25(31)20-11-7-8-12-21(20)28-24(30)16-29(22-15-18(26)13-14-23(22)34-3)35(32,33)19-9-5-4-6-10-19/h4-15,17H,16H2,1-3H3,(H,27,31)(H,28,30). The van der Waals surface area contributed by atoms with Crippen molar-refractivity contribution in [1.82, 2.24) is 5.32 Å². The Morgan fingerprint density at radius 1 is 1.00 bits per heavy atom. The number of para-hydroxylation sites is 1. The number of hydrogen-bond donors (Lipinski definition) is 2. The molecule has 2 N–H and O–H groups in total. The Morgan fingerprint density at radius 2 is 1.66 bits per heavy atom. The van der Waals surface area contributed by atoms with Crippen LogP contribution in [0.1, 0.15) is 24.2 Å². The van der Waals surface area contributed by atoms with Gasteiger partial charge in [0.05, 0.1) is 28.9 Å². The van der Waals surface area contributed by atoms with Crippen molar-refractivity contribution in [3.63, 3.8) is 0 Å². The minimum Gasteiger partial charge on any atom is -0.495 e. The van der Waals surface area contributed by atoms with Gasteiger partial charge in [-0.05, 0) is 56.3 Å². The maximum atomic E-state index is 13.6. The minimum atomic E-state index is -4.18. The second-order valence-corrected chi connectivity index (χ2v) is 10.2. The molecule has 0 aliphatic rings. The van der Waals surface area contributed by atoms with E-state index < -0.39 is 22.5 Å².